The van der Waals surface area contributed by atoms with Gasteiger partial charge in [0.25, 0.3) is 11.8 Å². The maximum Gasteiger partial charge on any atom is 0.261 e. The smallest absolute Gasteiger partial charge is 0.261 e. The van der Waals surface area contributed by atoms with Gasteiger partial charge in [-0.3, -0.25) is 34.7 Å². The fraction of sp³-hybridized carbons (Fsp3) is 0.333. The summed E-state index contributed by atoms with van der Waals surface area (Å²) in [6.07, 6.45) is 1.01. The molecule has 4 amide bonds. The van der Waals surface area contributed by atoms with Crippen LogP contribution in [0.3, 0.4) is 0 Å². The maximum atomic E-state index is 13.5. The number of amides is 4. The summed E-state index contributed by atoms with van der Waals surface area (Å²) in [4.78, 5) is 52.8. The number of anilines is 1. The maximum absolute atomic E-state index is 13.5. The van der Waals surface area contributed by atoms with E-state index < -0.39 is 52.0 Å². The summed E-state index contributed by atoms with van der Waals surface area (Å²) in [6, 6.07) is 14.0. The quantitative estimate of drug-likeness (QED) is 0.246. The molecule has 0 saturated heterocycles. The number of nitrogens with one attached hydrogen (secondary N) is 2. The normalized spacial score (nSPS) is 14.9. The summed E-state index contributed by atoms with van der Waals surface area (Å²) in [6.45, 7) is 3.09. The van der Waals surface area contributed by atoms with Crippen molar-refractivity contribution in [2.45, 2.75) is 20.3 Å². The topological polar surface area (TPSA) is 153 Å². The number of benzene rings is 2. The van der Waals surface area contributed by atoms with Crippen molar-refractivity contribution >= 4 is 39.3 Å². The van der Waals surface area contributed by atoms with Crippen LogP contribution in [0.15, 0.2) is 54.6 Å². The molecular formula is C24H28N4O7S. The third kappa shape index (κ3) is 5.71. The Morgan fingerprint density at radius 1 is 0.917 bits per heavy atom. The number of hydrazine groups is 1. The highest BCUT2D eigenvalue weighted by molar-refractivity contribution is 7.92. The van der Waals surface area contributed by atoms with Crippen LogP contribution in [0.1, 0.15) is 41.0 Å². The van der Waals surface area contributed by atoms with E-state index in [4.69, 9.17) is 0 Å². The first-order valence-electron chi connectivity index (χ1n) is 11.2. The van der Waals surface area contributed by atoms with Crippen LogP contribution in [0.4, 0.5) is 5.69 Å². The van der Waals surface area contributed by atoms with Gasteiger partial charge in [0, 0.05) is 6.54 Å². The monoisotopic (exact) mass is 516 g/mol. The van der Waals surface area contributed by atoms with E-state index in [-0.39, 0.29) is 29.2 Å². The minimum absolute atomic E-state index is 0.0967. The Kier molecular flexibility index (Phi) is 8.10. The van der Waals surface area contributed by atoms with Crippen molar-refractivity contribution in [2.24, 2.45) is 17.8 Å². The van der Waals surface area contributed by atoms with Crippen molar-refractivity contribution in [3.05, 3.63) is 65.7 Å². The van der Waals surface area contributed by atoms with Gasteiger partial charge in [0.05, 0.1) is 34.9 Å². The Balaban J connectivity index is 1.95. The molecule has 2 aromatic rings. The molecule has 1 heterocycles. The molecule has 3 N–H and O–H groups in total. The fourth-order valence-corrected chi connectivity index (χ4v) is 4.89. The van der Waals surface area contributed by atoms with Crippen LogP contribution in [0.25, 0.3) is 0 Å². The number of nitrogens with zero attached hydrogens (tertiary/aromatic N) is 2. The predicted octanol–water partition coefficient (Wildman–Crippen LogP) is 1.56. The lowest BCUT2D eigenvalue weighted by atomic mass is 9.83. The lowest BCUT2D eigenvalue weighted by Gasteiger charge is -2.31. The van der Waals surface area contributed by atoms with Crippen LogP contribution >= 0.6 is 0 Å². The van der Waals surface area contributed by atoms with Crippen molar-refractivity contribution in [1.29, 1.82) is 0 Å². The highest BCUT2D eigenvalue weighted by Crippen LogP contribution is 2.28. The molecule has 11 nitrogen and oxygen atoms in total. The number of fused-ring (bicyclic) bond motifs is 1. The molecule has 0 unspecified atom stereocenters. The number of carbonyl (C=O) groups is 4. The van der Waals surface area contributed by atoms with E-state index in [1.165, 1.54) is 29.7 Å². The van der Waals surface area contributed by atoms with E-state index in [1.807, 2.05) is 0 Å². The summed E-state index contributed by atoms with van der Waals surface area (Å²) in [7, 11) is -3.97. The van der Waals surface area contributed by atoms with E-state index in [0.29, 0.717) is 4.41 Å². The van der Waals surface area contributed by atoms with Gasteiger partial charge in [-0.1, -0.05) is 44.2 Å². The van der Waals surface area contributed by atoms with Gasteiger partial charge in [-0.05, 0) is 36.6 Å². The Bertz CT molecular complexity index is 1230. The molecule has 0 aromatic heterocycles. The van der Waals surface area contributed by atoms with Gasteiger partial charge in [-0.15, -0.1) is 0 Å². The third-order valence-electron chi connectivity index (χ3n) is 5.79. The van der Waals surface area contributed by atoms with E-state index in [2.05, 4.69) is 5.43 Å². The molecule has 0 spiro atoms. The Morgan fingerprint density at radius 2 is 1.44 bits per heavy atom. The van der Waals surface area contributed by atoms with Gasteiger partial charge in [0.15, 0.2) is 0 Å². The first-order valence-corrected chi connectivity index (χ1v) is 13.1. The van der Waals surface area contributed by atoms with Crippen LogP contribution in [-0.2, 0) is 19.6 Å². The van der Waals surface area contributed by atoms with E-state index in [9.17, 15) is 32.8 Å². The average Bonchev–Trinajstić information content (AvgIpc) is 3.08. The zero-order chi connectivity index (χ0) is 26.6. The highest BCUT2D eigenvalue weighted by atomic mass is 32.2. The number of rotatable bonds is 10. The number of carbonyl (C=O) groups excluding carboxylic acids is 4. The summed E-state index contributed by atoms with van der Waals surface area (Å²) in [5, 5.41) is 9.41. The van der Waals surface area contributed by atoms with Crippen molar-refractivity contribution in [3.8, 4) is 0 Å². The van der Waals surface area contributed by atoms with E-state index in [1.54, 1.807) is 44.2 Å². The zero-order valence-corrected chi connectivity index (χ0v) is 20.9. The van der Waals surface area contributed by atoms with Gasteiger partial charge < -0.3 is 0 Å². The van der Waals surface area contributed by atoms with Crippen molar-refractivity contribution in [3.63, 3.8) is 0 Å². The molecule has 0 saturated carbocycles. The van der Waals surface area contributed by atoms with Crippen LogP contribution in [0, 0.1) is 17.8 Å². The molecular weight excluding hydrogens is 488 g/mol. The summed E-state index contributed by atoms with van der Waals surface area (Å²) in [5.41, 5.74) is 4.38. The lowest BCUT2D eigenvalue weighted by molar-refractivity contribution is -0.141. The predicted molar refractivity (Wildman–Crippen MR) is 130 cm³/mol. The summed E-state index contributed by atoms with van der Waals surface area (Å²) in [5.74, 6) is -5.78. The SMILES string of the molecule is CC(C)C[C@@H](C(=O)NN(c1ccccc1)S(C)(=O)=O)[C@H](CN1C(=O)c2ccccc2C1=O)C(=O)NO. The molecule has 36 heavy (non-hydrogen) atoms. The standard InChI is InChI=1S/C24H28N4O7S/c1-15(2)13-19(21(29)25-28(36(3,34)35)16-9-5-4-6-10-16)20(22(30)26-33)14-27-23(31)17-11-7-8-12-18(17)24(27)32/h4-12,15,19-20,33H,13-14H2,1-3H3,(H,25,29)(H,26,30)/t19-,20+/m1/s1. The van der Waals surface area contributed by atoms with Crippen molar-refractivity contribution in [2.75, 3.05) is 17.2 Å². The number of hydroxylamine groups is 1. The molecule has 192 valence electrons. The molecule has 0 aliphatic carbocycles. The highest BCUT2D eigenvalue weighted by Gasteiger charge is 2.42. The fourth-order valence-electron chi connectivity index (χ4n) is 4.12. The second-order valence-corrected chi connectivity index (χ2v) is 10.8. The molecule has 1 aliphatic heterocycles. The number of para-hydroxylation sites is 1. The second-order valence-electron chi connectivity index (χ2n) is 8.92. The van der Waals surface area contributed by atoms with E-state index >= 15 is 0 Å². The number of sulfonamides is 1. The molecule has 3 rings (SSSR count). The Morgan fingerprint density at radius 3 is 1.92 bits per heavy atom. The van der Waals surface area contributed by atoms with Gasteiger partial charge >= 0.3 is 0 Å². The molecule has 2 atom stereocenters. The second kappa shape index (κ2) is 10.9. The molecule has 0 radical (unpaired) electrons. The average molecular weight is 517 g/mol. The van der Waals surface area contributed by atoms with Gasteiger partial charge in [-0.2, -0.15) is 4.41 Å². The number of hydrogen-bond donors (Lipinski definition) is 3. The van der Waals surface area contributed by atoms with Crippen molar-refractivity contribution < 1.29 is 32.8 Å². The number of hydrogen-bond acceptors (Lipinski definition) is 7. The molecule has 1 aliphatic rings. The lowest BCUT2D eigenvalue weighted by Crippen LogP contribution is -2.53. The first kappa shape index (κ1) is 26.8. The summed E-state index contributed by atoms with van der Waals surface area (Å²) >= 11 is 0. The summed E-state index contributed by atoms with van der Waals surface area (Å²) < 4.78 is 25.6. The minimum atomic E-state index is -3.97. The molecule has 12 heteroatoms. The molecule has 0 fully saturated rings. The minimum Gasteiger partial charge on any atom is -0.289 e. The van der Waals surface area contributed by atoms with Crippen LogP contribution in [-0.4, -0.2) is 55.0 Å². The van der Waals surface area contributed by atoms with Gasteiger partial charge in [0.1, 0.15) is 0 Å². The first-order chi connectivity index (χ1) is 17.0. The third-order valence-corrected chi connectivity index (χ3v) is 6.75. The van der Waals surface area contributed by atoms with E-state index in [0.717, 1.165) is 11.2 Å². The van der Waals surface area contributed by atoms with Crippen molar-refractivity contribution in [1.82, 2.24) is 15.8 Å². The number of imide groups is 1. The van der Waals surface area contributed by atoms with Crippen LogP contribution in [0.2, 0.25) is 0 Å². The van der Waals surface area contributed by atoms with Gasteiger partial charge in [0.2, 0.25) is 21.8 Å². The Hall–Kier alpha value is -3.77. The zero-order valence-electron chi connectivity index (χ0n) is 20.0. The largest absolute Gasteiger partial charge is 0.289 e. The van der Waals surface area contributed by atoms with Gasteiger partial charge in [-0.25, -0.2) is 13.9 Å². The molecule has 0 bridgehead atoms. The van der Waals surface area contributed by atoms with Crippen LogP contribution < -0.4 is 15.3 Å². The molecule has 2 aromatic carbocycles. The Labute approximate surface area is 209 Å². The van der Waals surface area contributed by atoms with Crippen LogP contribution in [0.5, 0.6) is 0 Å².